The average molecular weight is 285 g/mol. The van der Waals surface area contributed by atoms with Crippen LogP contribution in [0.15, 0.2) is 36.4 Å². The summed E-state index contributed by atoms with van der Waals surface area (Å²) >= 11 is 0. The molecule has 0 saturated carbocycles. The quantitative estimate of drug-likeness (QED) is 0.826. The van der Waals surface area contributed by atoms with Gasteiger partial charge in [-0.3, -0.25) is 0 Å². The van der Waals surface area contributed by atoms with Gasteiger partial charge in [-0.25, -0.2) is 0 Å². The molecule has 0 heterocycles. The second-order valence-corrected chi connectivity index (χ2v) is 5.28. The predicted octanol–water partition coefficient (Wildman–Crippen LogP) is 3.53. The number of hydrogen-bond acceptors (Lipinski definition) is 3. The average Bonchev–Trinajstić information content (AvgIpc) is 2.45. The summed E-state index contributed by atoms with van der Waals surface area (Å²) in [7, 11) is 0. The molecule has 3 heteroatoms. The first-order valence-corrected chi connectivity index (χ1v) is 7.22. The van der Waals surface area contributed by atoms with Crippen LogP contribution in [0, 0.1) is 20.8 Å². The summed E-state index contributed by atoms with van der Waals surface area (Å²) < 4.78 is 11.5. The molecule has 0 aromatic heterocycles. The van der Waals surface area contributed by atoms with E-state index in [-0.39, 0.29) is 0 Å². The zero-order valence-corrected chi connectivity index (χ0v) is 13.0. The monoisotopic (exact) mass is 285 g/mol. The van der Waals surface area contributed by atoms with Gasteiger partial charge in [-0.1, -0.05) is 29.8 Å². The second kappa shape index (κ2) is 7.14. The fraction of sp³-hybridized carbons (Fsp3) is 0.333. The van der Waals surface area contributed by atoms with E-state index in [4.69, 9.17) is 15.2 Å². The van der Waals surface area contributed by atoms with Crippen LogP contribution in [-0.2, 0) is 6.54 Å². The van der Waals surface area contributed by atoms with Crippen LogP contribution in [-0.4, -0.2) is 13.2 Å². The second-order valence-electron chi connectivity index (χ2n) is 5.28. The molecule has 0 bridgehead atoms. The van der Waals surface area contributed by atoms with Gasteiger partial charge >= 0.3 is 0 Å². The molecule has 0 aliphatic rings. The summed E-state index contributed by atoms with van der Waals surface area (Å²) in [6.45, 7) is 7.80. The first-order chi connectivity index (χ1) is 10.1. The Kier molecular flexibility index (Phi) is 5.23. The lowest BCUT2D eigenvalue weighted by atomic mass is 10.1. The molecule has 2 aromatic carbocycles. The van der Waals surface area contributed by atoms with E-state index >= 15 is 0 Å². The van der Waals surface area contributed by atoms with Gasteiger partial charge in [0, 0.05) is 6.54 Å². The lowest BCUT2D eigenvalue weighted by Gasteiger charge is -2.14. The highest BCUT2D eigenvalue weighted by Crippen LogP contribution is 2.24. The molecule has 0 atom stereocenters. The Labute approximate surface area is 126 Å². The van der Waals surface area contributed by atoms with Crippen molar-refractivity contribution in [1.29, 1.82) is 0 Å². The van der Waals surface area contributed by atoms with E-state index < -0.39 is 0 Å². The van der Waals surface area contributed by atoms with Gasteiger partial charge in [0.25, 0.3) is 0 Å². The maximum atomic E-state index is 5.85. The van der Waals surface area contributed by atoms with Crippen molar-refractivity contribution >= 4 is 0 Å². The van der Waals surface area contributed by atoms with Crippen LogP contribution in [0.5, 0.6) is 11.5 Å². The molecule has 0 saturated heterocycles. The molecule has 0 amide bonds. The van der Waals surface area contributed by atoms with Crippen LogP contribution < -0.4 is 15.2 Å². The van der Waals surface area contributed by atoms with Gasteiger partial charge in [-0.15, -0.1) is 0 Å². The lowest BCUT2D eigenvalue weighted by molar-refractivity contribution is 0.215. The molecule has 0 spiro atoms. The third-order valence-electron chi connectivity index (χ3n) is 3.34. The fourth-order valence-corrected chi connectivity index (χ4v) is 2.46. The van der Waals surface area contributed by atoms with Crippen molar-refractivity contribution in [1.82, 2.24) is 0 Å². The summed E-state index contributed by atoms with van der Waals surface area (Å²) in [5.41, 5.74) is 10.3. The van der Waals surface area contributed by atoms with Gasteiger partial charge in [-0.05, 0) is 49.6 Å². The number of ether oxygens (including phenoxy) is 2. The maximum Gasteiger partial charge on any atom is 0.125 e. The topological polar surface area (TPSA) is 44.5 Å². The third kappa shape index (κ3) is 4.23. The van der Waals surface area contributed by atoms with Crippen molar-refractivity contribution in [2.24, 2.45) is 5.73 Å². The number of rotatable bonds is 6. The molecular formula is C18H23NO2. The number of nitrogens with two attached hydrogens (primary N) is 1. The van der Waals surface area contributed by atoms with Crippen LogP contribution in [0.25, 0.3) is 0 Å². The normalized spacial score (nSPS) is 10.5. The first-order valence-electron chi connectivity index (χ1n) is 7.22. The highest BCUT2D eigenvalue weighted by atomic mass is 16.5. The van der Waals surface area contributed by atoms with E-state index in [0.29, 0.717) is 19.8 Å². The van der Waals surface area contributed by atoms with Gasteiger partial charge < -0.3 is 15.2 Å². The Hall–Kier alpha value is -2.00. The number of benzene rings is 2. The minimum Gasteiger partial charge on any atom is -0.490 e. The molecule has 0 fully saturated rings. The molecule has 0 radical (unpaired) electrons. The van der Waals surface area contributed by atoms with Crippen LogP contribution >= 0.6 is 0 Å². The van der Waals surface area contributed by atoms with E-state index in [1.807, 2.05) is 24.3 Å². The summed E-state index contributed by atoms with van der Waals surface area (Å²) in [4.78, 5) is 0. The van der Waals surface area contributed by atoms with Crippen LogP contribution in [0.4, 0.5) is 0 Å². The van der Waals surface area contributed by atoms with Crippen LogP contribution in [0.1, 0.15) is 22.3 Å². The Bertz CT molecular complexity index is 585. The summed E-state index contributed by atoms with van der Waals surface area (Å²) in [6, 6.07) is 12.1. The Balaban J connectivity index is 1.87. The molecule has 112 valence electrons. The van der Waals surface area contributed by atoms with Crippen molar-refractivity contribution < 1.29 is 9.47 Å². The van der Waals surface area contributed by atoms with Crippen molar-refractivity contribution in [2.45, 2.75) is 27.3 Å². The zero-order chi connectivity index (χ0) is 15.2. The number of hydrogen-bond donors (Lipinski definition) is 1. The molecule has 21 heavy (non-hydrogen) atoms. The highest BCUT2D eigenvalue weighted by molar-refractivity contribution is 5.42. The van der Waals surface area contributed by atoms with E-state index in [9.17, 15) is 0 Å². The van der Waals surface area contributed by atoms with Crippen LogP contribution in [0.3, 0.4) is 0 Å². The Morgan fingerprint density at radius 3 is 2.24 bits per heavy atom. The van der Waals surface area contributed by atoms with E-state index in [1.165, 1.54) is 5.56 Å². The lowest BCUT2D eigenvalue weighted by Crippen LogP contribution is -2.10. The zero-order valence-electron chi connectivity index (χ0n) is 13.0. The van der Waals surface area contributed by atoms with Gasteiger partial charge in [0.1, 0.15) is 24.7 Å². The molecule has 0 aliphatic heterocycles. The van der Waals surface area contributed by atoms with Gasteiger partial charge in [0.2, 0.25) is 0 Å². The molecule has 3 nitrogen and oxygen atoms in total. The summed E-state index contributed by atoms with van der Waals surface area (Å²) in [5.74, 6) is 1.79. The predicted molar refractivity (Wildman–Crippen MR) is 86.0 cm³/mol. The van der Waals surface area contributed by atoms with Crippen molar-refractivity contribution in [3.05, 3.63) is 58.7 Å². The fourth-order valence-electron chi connectivity index (χ4n) is 2.46. The van der Waals surface area contributed by atoms with Gasteiger partial charge in [0.05, 0.1) is 0 Å². The maximum absolute atomic E-state index is 5.85. The standard InChI is InChI=1S/C18H23NO2/c1-13-9-14(2)18(15(3)10-13)21-8-7-20-17-6-4-5-16(11-17)12-19/h4-6,9-11H,7-8,12,19H2,1-3H3. The Morgan fingerprint density at radius 1 is 0.905 bits per heavy atom. The van der Waals surface area contributed by atoms with Crippen molar-refractivity contribution in [3.63, 3.8) is 0 Å². The molecule has 2 rings (SSSR count). The molecule has 0 unspecified atom stereocenters. The molecule has 2 N–H and O–H groups in total. The van der Waals surface area contributed by atoms with Gasteiger partial charge in [-0.2, -0.15) is 0 Å². The van der Waals surface area contributed by atoms with Crippen LogP contribution in [0.2, 0.25) is 0 Å². The van der Waals surface area contributed by atoms with E-state index in [1.54, 1.807) is 0 Å². The van der Waals surface area contributed by atoms with Gasteiger partial charge in [0.15, 0.2) is 0 Å². The largest absolute Gasteiger partial charge is 0.490 e. The molecule has 2 aromatic rings. The summed E-state index contributed by atoms with van der Waals surface area (Å²) in [5, 5.41) is 0. The number of aryl methyl sites for hydroxylation is 3. The minimum atomic E-state index is 0.515. The smallest absolute Gasteiger partial charge is 0.125 e. The SMILES string of the molecule is Cc1cc(C)c(OCCOc2cccc(CN)c2)c(C)c1. The van der Waals surface area contributed by atoms with E-state index in [2.05, 4.69) is 32.9 Å². The Morgan fingerprint density at radius 2 is 1.57 bits per heavy atom. The first kappa shape index (κ1) is 15.4. The highest BCUT2D eigenvalue weighted by Gasteiger charge is 2.05. The van der Waals surface area contributed by atoms with Crippen molar-refractivity contribution in [3.8, 4) is 11.5 Å². The molecule has 0 aliphatic carbocycles. The minimum absolute atomic E-state index is 0.515. The molecular weight excluding hydrogens is 262 g/mol. The summed E-state index contributed by atoms with van der Waals surface area (Å²) in [6.07, 6.45) is 0. The van der Waals surface area contributed by atoms with E-state index in [0.717, 1.165) is 28.2 Å². The van der Waals surface area contributed by atoms with Crippen molar-refractivity contribution in [2.75, 3.05) is 13.2 Å². The third-order valence-corrected chi connectivity index (χ3v) is 3.34.